The van der Waals surface area contributed by atoms with Gasteiger partial charge in [0.25, 0.3) is 0 Å². The van der Waals surface area contributed by atoms with E-state index in [4.69, 9.17) is 16.3 Å². The minimum Gasteiger partial charge on any atom is -0.453 e. The van der Waals surface area contributed by atoms with Crippen LogP contribution in [-0.4, -0.2) is 50.2 Å². The minimum absolute atomic E-state index is 0.130. The number of nitrogens with one attached hydrogen (secondary N) is 3. The molecule has 4 rings (SSSR count). The summed E-state index contributed by atoms with van der Waals surface area (Å²) in [7, 11) is 1.27. The Morgan fingerprint density at radius 3 is 2.67 bits per heavy atom. The molecule has 4 aromatic rings. The van der Waals surface area contributed by atoms with Gasteiger partial charge in [0.05, 0.1) is 30.7 Å². The van der Waals surface area contributed by atoms with Gasteiger partial charge in [0.2, 0.25) is 11.8 Å². The number of halogens is 1. The summed E-state index contributed by atoms with van der Waals surface area (Å²) in [5.41, 5.74) is 4.39. The van der Waals surface area contributed by atoms with Crippen molar-refractivity contribution < 1.29 is 19.1 Å². The van der Waals surface area contributed by atoms with Crippen molar-refractivity contribution in [3.63, 3.8) is 0 Å². The van der Waals surface area contributed by atoms with Crippen LogP contribution < -0.4 is 16.0 Å². The van der Waals surface area contributed by atoms with Crippen molar-refractivity contribution in [2.75, 3.05) is 17.7 Å². The molecule has 2 aromatic carbocycles. The summed E-state index contributed by atoms with van der Waals surface area (Å²) < 4.78 is 6.17. The van der Waals surface area contributed by atoms with Gasteiger partial charge in [-0.05, 0) is 71.0 Å². The number of carbonyl (C=O) groups excluding carboxylic acids is 3. The Hall–Kier alpha value is -5.10. The topological polar surface area (TPSA) is 153 Å². The molecule has 222 valence electrons. The van der Waals surface area contributed by atoms with Crippen molar-refractivity contribution in [2.45, 2.75) is 33.2 Å². The van der Waals surface area contributed by atoms with Gasteiger partial charge in [-0.2, -0.15) is 4.68 Å². The molecule has 0 saturated heterocycles. The Labute approximate surface area is 253 Å². The summed E-state index contributed by atoms with van der Waals surface area (Å²) in [5.74, 6) is -0.664. The number of pyridine rings is 1. The number of aromatic nitrogens is 5. The van der Waals surface area contributed by atoms with E-state index in [1.165, 1.54) is 24.2 Å². The van der Waals surface area contributed by atoms with Crippen molar-refractivity contribution in [3.8, 4) is 16.8 Å². The fraction of sp³-hybridized carbons (Fsp3) is 0.233. The van der Waals surface area contributed by atoms with E-state index >= 15 is 0 Å². The lowest BCUT2D eigenvalue weighted by Crippen LogP contribution is -2.21. The molecule has 12 nitrogen and oxygen atoms in total. The normalized spacial score (nSPS) is 11.6. The number of rotatable bonds is 11. The van der Waals surface area contributed by atoms with Crippen molar-refractivity contribution in [1.29, 1.82) is 0 Å². The van der Waals surface area contributed by atoms with E-state index in [1.807, 2.05) is 19.9 Å². The molecule has 0 fully saturated rings. The molecule has 0 aliphatic rings. The highest BCUT2D eigenvalue weighted by Crippen LogP contribution is 2.32. The first kappa shape index (κ1) is 30.8. The van der Waals surface area contributed by atoms with Crippen molar-refractivity contribution >= 4 is 47.0 Å². The Morgan fingerprint density at radius 1 is 1.09 bits per heavy atom. The van der Waals surface area contributed by atoms with Gasteiger partial charge in [0.15, 0.2) is 0 Å². The standard InChI is InChI=1S/C30H31ClN8O4/c1-4-5-19(2)29(41)36-26-16-23(35-30(42)43-3)8-9-25(26)20-12-13-32-24(15-20)17-33-28(40)11-6-21-14-22(31)7-10-27(21)39-18-34-37-38-39/h6-16,18-19H,4-5,17H2,1-3H3,(H,33,40)(H,35,42)(H,36,41)/b11-6+. The second-order valence-corrected chi connectivity index (χ2v) is 10.0. The van der Waals surface area contributed by atoms with Crippen LogP contribution >= 0.6 is 11.6 Å². The van der Waals surface area contributed by atoms with Crippen LogP contribution in [0.3, 0.4) is 0 Å². The van der Waals surface area contributed by atoms with Crippen LogP contribution in [0.5, 0.6) is 0 Å². The predicted octanol–water partition coefficient (Wildman–Crippen LogP) is 5.26. The quantitative estimate of drug-likeness (QED) is 0.196. The molecule has 13 heteroatoms. The predicted molar refractivity (Wildman–Crippen MR) is 163 cm³/mol. The number of carbonyl (C=O) groups is 3. The third-order valence-corrected chi connectivity index (χ3v) is 6.68. The van der Waals surface area contributed by atoms with E-state index in [2.05, 4.69) is 36.5 Å². The van der Waals surface area contributed by atoms with Crippen LogP contribution in [0.4, 0.5) is 16.2 Å². The third kappa shape index (κ3) is 8.46. The number of ether oxygens (including phenoxy) is 1. The Balaban J connectivity index is 1.51. The Morgan fingerprint density at radius 2 is 1.93 bits per heavy atom. The molecule has 0 aliphatic carbocycles. The van der Waals surface area contributed by atoms with Crippen molar-refractivity contribution in [1.82, 2.24) is 30.5 Å². The fourth-order valence-corrected chi connectivity index (χ4v) is 4.43. The Kier molecular flexibility index (Phi) is 10.5. The SMILES string of the molecule is CCCC(C)C(=O)Nc1cc(NC(=O)OC)ccc1-c1ccnc(CNC(=O)/C=C/c2cc(Cl)ccc2-n2cnnn2)c1. The molecular weight excluding hydrogens is 572 g/mol. The largest absolute Gasteiger partial charge is 0.453 e. The maximum atomic E-state index is 12.9. The second-order valence-electron chi connectivity index (χ2n) is 9.60. The van der Waals surface area contributed by atoms with Crippen LogP contribution in [0, 0.1) is 5.92 Å². The third-order valence-electron chi connectivity index (χ3n) is 6.45. The molecule has 3 amide bonds. The average molecular weight is 603 g/mol. The van der Waals surface area contributed by atoms with Gasteiger partial charge in [-0.25, -0.2) is 4.79 Å². The van der Waals surface area contributed by atoms with Crippen LogP contribution in [0.25, 0.3) is 22.9 Å². The maximum Gasteiger partial charge on any atom is 0.411 e. The first-order valence-corrected chi connectivity index (χ1v) is 13.9. The van der Waals surface area contributed by atoms with Gasteiger partial charge in [0.1, 0.15) is 6.33 Å². The van der Waals surface area contributed by atoms with Gasteiger partial charge >= 0.3 is 6.09 Å². The van der Waals surface area contributed by atoms with E-state index in [9.17, 15) is 14.4 Å². The molecular formula is C30H31ClN8O4. The molecule has 3 N–H and O–H groups in total. The number of anilines is 2. The molecule has 43 heavy (non-hydrogen) atoms. The van der Waals surface area contributed by atoms with Crippen molar-refractivity contribution in [2.24, 2.45) is 5.92 Å². The van der Waals surface area contributed by atoms with Gasteiger partial charge < -0.3 is 15.4 Å². The van der Waals surface area contributed by atoms with E-state index < -0.39 is 6.09 Å². The number of hydrogen-bond donors (Lipinski definition) is 3. The van der Waals surface area contributed by atoms with E-state index in [1.54, 1.807) is 54.7 Å². The number of benzene rings is 2. The van der Waals surface area contributed by atoms with Gasteiger partial charge in [-0.3, -0.25) is 19.9 Å². The molecule has 0 radical (unpaired) electrons. The van der Waals surface area contributed by atoms with Gasteiger partial charge in [0, 0.05) is 40.0 Å². The lowest BCUT2D eigenvalue weighted by atomic mass is 10.0. The monoisotopic (exact) mass is 602 g/mol. The number of methoxy groups -OCH3 is 1. The zero-order valence-corrected chi connectivity index (χ0v) is 24.6. The molecule has 0 spiro atoms. The molecule has 2 heterocycles. The zero-order valence-electron chi connectivity index (χ0n) is 23.9. The van der Waals surface area contributed by atoms with Crippen molar-refractivity contribution in [3.05, 3.63) is 83.4 Å². The highest BCUT2D eigenvalue weighted by Gasteiger charge is 2.16. The molecule has 0 saturated carbocycles. The summed E-state index contributed by atoms with van der Waals surface area (Å²) in [6.07, 6.45) is 7.09. The lowest BCUT2D eigenvalue weighted by molar-refractivity contribution is -0.119. The first-order valence-electron chi connectivity index (χ1n) is 13.5. The van der Waals surface area contributed by atoms with Crippen LogP contribution in [-0.2, 0) is 20.9 Å². The zero-order chi connectivity index (χ0) is 30.8. The smallest absolute Gasteiger partial charge is 0.411 e. The molecule has 0 bridgehead atoms. The van der Waals surface area contributed by atoms with E-state index in [0.29, 0.717) is 33.3 Å². The average Bonchev–Trinajstić information content (AvgIpc) is 3.54. The fourth-order valence-electron chi connectivity index (χ4n) is 4.25. The summed E-state index contributed by atoms with van der Waals surface area (Å²) >= 11 is 6.15. The molecule has 2 aromatic heterocycles. The van der Waals surface area contributed by atoms with Crippen LogP contribution in [0.15, 0.2) is 67.1 Å². The number of tetrazole rings is 1. The van der Waals surface area contributed by atoms with Gasteiger partial charge in [-0.15, -0.1) is 5.10 Å². The second kappa shape index (κ2) is 14.7. The number of hydrogen-bond acceptors (Lipinski definition) is 8. The Bertz CT molecular complexity index is 1620. The summed E-state index contributed by atoms with van der Waals surface area (Å²) in [6.45, 7) is 4.05. The first-order chi connectivity index (χ1) is 20.8. The molecule has 1 atom stereocenters. The molecule has 0 aliphatic heterocycles. The summed E-state index contributed by atoms with van der Waals surface area (Å²) in [4.78, 5) is 41.7. The highest BCUT2D eigenvalue weighted by atomic mass is 35.5. The van der Waals surface area contributed by atoms with Crippen LogP contribution in [0.2, 0.25) is 5.02 Å². The number of amides is 3. The summed E-state index contributed by atoms with van der Waals surface area (Å²) in [5, 5.41) is 20.1. The van der Waals surface area contributed by atoms with Crippen LogP contribution in [0.1, 0.15) is 37.9 Å². The number of nitrogens with zero attached hydrogens (tertiary/aromatic N) is 5. The molecule has 1 unspecified atom stereocenters. The lowest BCUT2D eigenvalue weighted by Gasteiger charge is -2.17. The summed E-state index contributed by atoms with van der Waals surface area (Å²) in [6, 6.07) is 14.0. The minimum atomic E-state index is -0.623. The maximum absolute atomic E-state index is 12.9. The van der Waals surface area contributed by atoms with Gasteiger partial charge in [-0.1, -0.05) is 37.9 Å². The highest BCUT2D eigenvalue weighted by molar-refractivity contribution is 6.30. The van der Waals surface area contributed by atoms with E-state index in [0.717, 1.165) is 24.0 Å². The van der Waals surface area contributed by atoms with E-state index in [-0.39, 0.29) is 24.3 Å².